The van der Waals surface area contributed by atoms with Crippen LogP contribution < -0.4 is 9.47 Å². The molecule has 1 aliphatic heterocycles. The fourth-order valence-corrected chi connectivity index (χ4v) is 2.97. The topological polar surface area (TPSA) is 57.2 Å². The average molecular weight is 344 g/mol. The Morgan fingerprint density at radius 1 is 1.04 bits per heavy atom. The van der Waals surface area contributed by atoms with Crippen LogP contribution in [-0.4, -0.2) is 30.7 Å². The van der Waals surface area contributed by atoms with E-state index in [9.17, 15) is 5.11 Å². The summed E-state index contributed by atoms with van der Waals surface area (Å²) in [6.07, 6.45) is -0.757. The molecule has 0 amide bonds. The lowest BCUT2D eigenvalue weighted by Crippen LogP contribution is -2.23. The van der Waals surface area contributed by atoms with Crippen LogP contribution >= 0.6 is 0 Å². The van der Waals surface area contributed by atoms with E-state index in [1.165, 1.54) is 0 Å². The molecule has 3 rings (SSSR count). The maximum absolute atomic E-state index is 9.56. The van der Waals surface area contributed by atoms with Crippen molar-refractivity contribution < 1.29 is 24.1 Å². The van der Waals surface area contributed by atoms with E-state index in [2.05, 4.69) is 0 Å². The van der Waals surface area contributed by atoms with Gasteiger partial charge in [0.05, 0.1) is 13.7 Å². The van der Waals surface area contributed by atoms with Gasteiger partial charge in [-0.2, -0.15) is 0 Å². The van der Waals surface area contributed by atoms with Gasteiger partial charge in [-0.25, -0.2) is 0 Å². The Labute approximate surface area is 148 Å². The van der Waals surface area contributed by atoms with E-state index in [1.807, 2.05) is 62.4 Å². The van der Waals surface area contributed by atoms with Gasteiger partial charge in [0.15, 0.2) is 17.3 Å². The predicted molar refractivity (Wildman–Crippen MR) is 93.6 cm³/mol. The molecule has 0 radical (unpaired) electrons. The highest BCUT2D eigenvalue weighted by Gasteiger charge is 2.41. The van der Waals surface area contributed by atoms with Crippen molar-refractivity contribution in [2.45, 2.75) is 38.4 Å². The molecule has 0 aromatic heterocycles. The summed E-state index contributed by atoms with van der Waals surface area (Å²) < 4.78 is 23.0. The molecule has 0 saturated carbocycles. The summed E-state index contributed by atoms with van der Waals surface area (Å²) in [7, 11) is 1.61. The van der Waals surface area contributed by atoms with Crippen LogP contribution in [0.15, 0.2) is 48.5 Å². The van der Waals surface area contributed by atoms with Gasteiger partial charge in [-0.1, -0.05) is 36.4 Å². The molecule has 5 nitrogen and oxygen atoms in total. The molecule has 0 bridgehead atoms. The normalized spacial score (nSPS) is 21.9. The van der Waals surface area contributed by atoms with E-state index < -0.39 is 11.9 Å². The van der Waals surface area contributed by atoms with Gasteiger partial charge in [-0.05, 0) is 37.1 Å². The van der Waals surface area contributed by atoms with Crippen molar-refractivity contribution in [1.29, 1.82) is 0 Å². The molecule has 2 aromatic rings. The molecular formula is C20H24O5. The smallest absolute Gasteiger partial charge is 0.164 e. The average Bonchev–Trinajstić information content (AvgIpc) is 2.95. The quantitative estimate of drug-likeness (QED) is 0.870. The van der Waals surface area contributed by atoms with Gasteiger partial charge in [0.2, 0.25) is 0 Å². The lowest BCUT2D eigenvalue weighted by Gasteiger charge is -2.18. The van der Waals surface area contributed by atoms with Gasteiger partial charge in [0.25, 0.3) is 0 Å². The minimum absolute atomic E-state index is 0.108. The first-order valence-corrected chi connectivity index (χ1v) is 8.33. The van der Waals surface area contributed by atoms with Crippen molar-refractivity contribution in [3.05, 3.63) is 59.7 Å². The zero-order valence-electron chi connectivity index (χ0n) is 14.8. The lowest BCUT2D eigenvalue weighted by molar-refractivity contribution is -0.149. The van der Waals surface area contributed by atoms with Crippen LogP contribution in [0.4, 0.5) is 0 Å². The summed E-state index contributed by atoms with van der Waals surface area (Å²) in [6.45, 7) is 4.03. The Morgan fingerprint density at radius 2 is 1.80 bits per heavy atom. The molecule has 1 aliphatic rings. The van der Waals surface area contributed by atoms with E-state index in [-0.39, 0.29) is 12.7 Å². The van der Waals surface area contributed by atoms with Crippen LogP contribution in [0.1, 0.15) is 31.1 Å². The second-order valence-electron chi connectivity index (χ2n) is 6.46. The number of methoxy groups -OCH3 is 1. The van der Waals surface area contributed by atoms with E-state index in [1.54, 1.807) is 7.11 Å². The molecule has 134 valence electrons. The van der Waals surface area contributed by atoms with Crippen LogP contribution in [0.5, 0.6) is 11.5 Å². The summed E-state index contributed by atoms with van der Waals surface area (Å²) in [6, 6.07) is 15.6. The third-order valence-electron chi connectivity index (χ3n) is 4.12. The molecular weight excluding hydrogens is 320 g/mol. The van der Waals surface area contributed by atoms with E-state index in [4.69, 9.17) is 18.9 Å². The van der Waals surface area contributed by atoms with E-state index >= 15 is 0 Å². The van der Waals surface area contributed by atoms with Crippen LogP contribution in [0.25, 0.3) is 0 Å². The van der Waals surface area contributed by atoms with Crippen molar-refractivity contribution in [2.75, 3.05) is 13.7 Å². The van der Waals surface area contributed by atoms with Crippen molar-refractivity contribution >= 4 is 0 Å². The first kappa shape index (κ1) is 17.7. The SMILES string of the molecule is COc1cc([C@@H]2OC(C)(C)O[C@H]2CO)ccc1OCc1ccccc1. The zero-order valence-corrected chi connectivity index (χ0v) is 14.8. The second kappa shape index (κ2) is 7.44. The van der Waals surface area contributed by atoms with E-state index in [0.29, 0.717) is 18.1 Å². The van der Waals surface area contributed by atoms with E-state index in [0.717, 1.165) is 11.1 Å². The Hall–Kier alpha value is -2.08. The fourth-order valence-electron chi connectivity index (χ4n) is 2.97. The van der Waals surface area contributed by atoms with Gasteiger partial charge in [-0.15, -0.1) is 0 Å². The monoisotopic (exact) mass is 344 g/mol. The Bertz CT molecular complexity index is 698. The van der Waals surface area contributed by atoms with Crippen LogP contribution in [0.2, 0.25) is 0 Å². The van der Waals surface area contributed by atoms with Crippen LogP contribution in [0.3, 0.4) is 0 Å². The Balaban J connectivity index is 1.77. The highest BCUT2D eigenvalue weighted by Crippen LogP contribution is 2.40. The minimum atomic E-state index is -0.728. The molecule has 1 saturated heterocycles. The molecule has 2 aromatic carbocycles. The highest BCUT2D eigenvalue weighted by molar-refractivity contribution is 5.44. The fraction of sp³-hybridized carbons (Fsp3) is 0.400. The molecule has 25 heavy (non-hydrogen) atoms. The summed E-state index contributed by atoms with van der Waals surface area (Å²) in [5.74, 6) is 0.556. The van der Waals surface area contributed by atoms with Crippen molar-refractivity contribution in [3.8, 4) is 11.5 Å². The largest absolute Gasteiger partial charge is 0.493 e. The van der Waals surface area contributed by atoms with Gasteiger partial charge >= 0.3 is 0 Å². The van der Waals surface area contributed by atoms with Crippen LogP contribution in [0, 0.1) is 0 Å². The number of benzene rings is 2. The standard InChI is InChI=1S/C20H24O5/c1-20(2)24-18(12-21)19(25-20)15-9-10-16(17(11-15)22-3)23-13-14-7-5-4-6-8-14/h4-11,18-19,21H,12-13H2,1-3H3/t18-,19-/m0/s1. The molecule has 1 N–H and O–H groups in total. The number of ether oxygens (including phenoxy) is 4. The highest BCUT2D eigenvalue weighted by atomic mass is 16.8. The summed E-state index contributed by atoms with van der Waals surface area (Å²) in [4.78, 5) is 0. The third-order valence-corrected chi connectivity index (χ3v) is 4.12. The molecule has 1 fully saturated rings. The molecule has 5 heteroatoms. The number of hydrogen-bond acceptors (Lipinski definition) is 5. The molecule has 0 spiro atoms. The van der Waals surface area contributed by atoms with Gasteiger partial charge in [0.1, 0.15) is 18.8 Å². The van der Waals surface area contributed by atoms with Crippen molar-refractivity contribution in [1.82, 2.24) is 0 Å². The minimum Gasteiger partial charge on any atom is -0.493 e. The maximum atomic E-state index is 9.56. The molecule has 0 unspecified atom stereocenters. The number of rotatable bonds is 6. The number of hydrogen-bond donors (Lipinski definition) is 1. The predicted octanol–water partition coefficient (Wildman–Crippen LogP) is 3.46. The van der Waals surface area contributed by atoms with Gasteiger partial charge in [-0.3, -0.25) is 0 Å². The lowest BCUT2D eigenvalue weighted by atomic mass is 10.0. The summed E-state index contributed by atoms with van der Waals surface area (Å²) in [5, 5.41) is 9.56. The van der Waals surface area contributed by atoms with Crippen molar-refractivity contribution in [3.63, 3.8) is 0 Å². The maximum Gasteiger partial charge on any atom is 0.164 e. The van der Waals surface area contributed by atoms with Crippen molar-refractivity contribution in [2.24, 2.45) is 0 Å². The number of aliphatic hydroxyl groups is 1. The second-order valence-corrected chi connectivity index (χ2v) is 6.46. The zero-order chi connectivity index (χ0) is 17.9. The van der Waals surface area contributed by atoms with Gasteiger partial charge < -0.3 is 24.1 Å². The summed E-state index contributed by atoms with van der Waals surface area (Å²) in [5.41, 5.74) is 1.97. The summed E-state index contributed by atoms with van der Waals surface area (Å²) >= 11 is 0. The third kappa shape index (κ3) is 4.12. The number of aliphatic hydroxyl groups excluding tert-OH is 1. The molecule has 2 atom stereocenters. The Kier molecular flexibility index (Phi) is 5.27. The first-order valence-electron chi connectivity index (χ1n) is 8.33. The Morgan fingerprint density at radius 3 is 2.48 bits per heavy atom. The van der Waals surface area contributed by atoms with Gasteiger partial charge in [0, 0.05) is 0 Å². The van der Waals surface area contributed by atoms with Crippen LogP contribution in [-0.2, 0) is 16.1 Å². The first-order chi connectivity index (χ1) is 12.0. The molecule has 0 aliphatic carbocycles. The molecule has 1 heterocycles.